The molecule has 5 rings (SSSR count). The normalized spacial score (nSPS) is 19.7. The van der Waals surface area contributed by atoms with Crippen molar-refractivity contribution in [1.29, 1.82) is 0 Å². The van der Waals surface area contributed by atoms with E-state index in [1.807, 2.05) is 19.9 Å². The molecule has 0 spiro atoms. The molecule has 1 aliphatic carbocycles. The highest BCUT2D eigenvalue weighted by Gasteiger charge is 2.45. The minimum absolute atomic E-state index is 0.0639. The van der Waals surface area contributed by atoms with Gasteiger partial charge < -0.3 is 10.5 Å². The Hall–Kier alpha value is -4.20. The van der Waals surface area contributed by atoms with Crippen LogP contribution in [0.5, 0.6) is 0 Å². The molecule has 172 valence electrons. The smallest absolute Gasteiger partial charge is 0.282 e. The second-order valence-electron chi connectivity index (χ2n) is 9.43. The van der Waals surface area contributed by atoms with Crippen molar-refractivity contribution in [1.82, 2.24) is 9.78 Å². The number of aromatic nitrogens is 2. The summed E-state index contributed by atoms with van der Waals surface area (Å²) < 4.78 is 6.50. The molecular weight excluding hydrogens is 434 g/mol. The summed E-state index contributed by atoms with van der Waals surface area (Å²) in [6.07, 6.45) is 0.763. The summed E-state index contributed by atoms with van der Waals surface area (Å²) in [6, 6.07) is 15.2. The molecule has 0 fully saturated rings. The van der Waals surface area contributed by atoms with Crippen molar-refractivity contribution < 1.29 is 14.3 Å². The van der Waals surface area contributed by atoms with Gasteiger partial charge in [0.25, 0.3) is 17.0 Å². The lowest BCUT2D eigenvalue weighted by Crippen LogP contribution is -2.40. The topological polar surface area (TPSA) is 124 Å². The molecule has 2 aliphatic rings. The molecule has 3 N–H and O–H groups in total. The van der Waals surface area contributed by atoms with Crippen LogP contribution in [0.25, 0.3) is 10.8 Å². The highest BCUT2D eigenvalue weighted by molar-refractivity contribution is 6.05. The monoisotopic (exact) mass is 457 g/mol. The van der Waals surface area contributed by atoms with E-state index in [-0.39, 0.29) is 39.8 Å². The van der Waals surface area contributed by atoms with E-state index >= 15 is 0 Å². The van der Waals surface area contributed by atoms with Gasteiger partial charge in [0.15, 0.2) is 11.7 Å². The zero-order valence-corrected chi connectivity index (χ0v) is 18.8. The molecule has 0 saturated heterocycles. The van der Waals surface area contributed by atoms with E-state index < -0.39 is 22.9 Å². The van der Waals surface area contributed by atoms with Crippen LogP contribution in [0.2, 0.25) is 0 Å². The van der Waals surface area contributed by atoms with Gasteiger partial charge >= 0.3 is 0 Å². The Bertz CT molecular complexity index is 1540. The maximum Gasteiger partial charge on any atom is 0.282 e. The van der Waals surface area contributed by atoms with Gasteiger partial charge in [-0.25, -0.2) is 0 Å². The molecule has 3 aromatic rings. The number of Topliss-reactive ketones (excluding diaryl/α,β-unsaturated/α-hetero) is 1. The maximum absolute atomic E-state index is 13.8. The Morgan fingerprint density at radius 2 is 1.65 bits per heavy atom. The number of rotatable bonds is 2. The molecule has 0 radical (unpaired) electrons. The van der Waals surface area contributed by atoms with Crippen molar-refractivity contribution in [2.75, 3.05) is 0 Å². The third-order valence-electron chi connectivity index (χ3n) is 6.34. The minimum atomic E-state index is -0.844. The van der Waals surface area contributed by atoms with Gasteiger partial charge in [-0.15, -0.1) is 0 Å². The number of benzene rings is 2. The molecule has 1 unspecified atom stereocenters. The summed E-state index contributed by atoms with van der Waals surface area (Å²) in [6.45, 7) is 3.94. The van der Waals surface area contributed by atoms with Crippen LogP contribution in [0, 0.1) is 5.41 Å². The average molecular weight is 457 g/mol. The Morgan fingerprint density at radius 3 is 2.35 bits per heavy atom. The van der Waals surface area contributed by atoms with Crippen molar-refractivity contribution in [3.8, 4) is 0 Å². The summed E-state index contributed by atoms with van der Waals surface area (Å²) in [7, 11) is 0. The maximum atomic E-state index is 13.8. The van der Waals surface area contributed by atoms with Crippen LogP contribution < -0.4 is 16.9 Å². The SMILES string of the molecule is CC1(C)CC(=O)C2=C(C1)OC(N)=C(C(=O)n1[nH]c(=O)c3ccccc3c1=O)C2c1ccccc1. The van der Waals surface area contributed by atoms with Crippen LogP contribution in [-0.2, 0) is 9.53 Å². The molecule has 34 heavy (non-hydrogen) atoms. The Balaban J connectivity index is 1.73. The third-order valence-corrected chi connectivity index (χ3v) is 6.34. The molecule has 0 amide bonds. The van der Waals surface area contributed by atoms with Crippen LogP contribution >= 0.6 is 0 Å². The number of hydrogen-bond acceptors (Lipinski definition) is 6. The predicted octanol–water partition coefficient (Wildman–Crippen LogP) is 2.96. The van der Waals surface area contributed by atoms with E-state index in [0.717, 1.165) is 0 Å². The van der Waals surface area contributed by atoms with Gasteiger partial charge in [0.2, 0.25) is 0 Å². The summed E-state index contributed by atoms with van der Waals surface area (Å²) in [5.74, 6) is -1.57. The van der Waals surface area contributed by atoms with Crippen LogP contribution in [0.4, 0.5) is 0 Å². The number of fused-ring (bicyclic) bond motifs is 1. The quantitative estimate of drug-likeness (QED) is 0.610. The molecule has 0 bridgehead atoms. The van der Waals surface area contributed by atoms with E-state index in [2.05, 4.69) is 5.10 Å². The zero-order valence-electron chi connectivity index (χ0n) is 18.8. The fourth-order valence-corrected chi connectivity index (χ4v) is 4.84. The van der Waals surface area contributed by atoms with E-state index in [1.165, 1.54) is 12.1 Å². The lowest BCUT2D eigenvalue weighted by molar-refractivity contribution is -0.119. The summed E-state index contributed by atoms with van der Waals surface area (Å²) >= 11 is 0. The lowest BCUT2D eigenvalue weighted by atomic mass is 9.70. The fourth-order valence-electron chi connectivity index (χ4n) is 4.84. The van der Waals surface area contributed by atoms with E-state index in [4.69, 9.17) is 10.5 Å². The van der Waals surface area contributed by atoms with Crippen molar-refractivity contribution in [3.05, 3.63) is 104 Å². The number of allylic oxidation sites excluding steroid dienone is 3. The van der Waals surface area contributed by atoms with Crippen LogP contribution in [0.1, 0.15) is 43.0 Å². The van der Waals surface area contributed by atoms with Crippen LogP contribution in [-0.4, -0.2) is 21.5 Å². The number of ketones is 1. The van der Waals surface area contributed by atoms with Crippen LogP contribution in [0.15, 0.2) is 87.0 Å². The number of carbonyl (C=O) groups is 2. The van der Waals surface area contributed by atoms with Gasteiger partial charge in [0, 0.05) is 18.4 Å². The number of carbonyl (C=O) groups excluding carboxylic acids is 2. The molecule has 1 aliphatic heterocycles. The van der Waals surface area contributed by atoms with E-state index in [9.17, 15) is 19.2 Å². The average Bonchev–Trinajstić information content (AvgIpc) is 2.80. The number of nitrogens with two attached hydrogens (primary N) is 1. The van der Waals surface area contributed by atoms with E-state index in [0.29, 0.717) is 28.0 Å². The second-order valence-corrected chi connectivity index (χ2v) is 9.43. The van der Waals surface area contributed by atoms with Crippen LogP contribution in [0.3, 0.4) is 0 Å². The molecule has 1 aromatic heterocycles. The summed E-state index contributed by atoms with van der Waals surface area (Å²) in [4.78, 5) is 52.8. The molecular formula is C26H23N3O5. The predicted molar refractivity (Wildman–Crippen MR) is 126 cm³/mol. The molecule has 8 nitrogen and oxygen atoms in total. The minimum Gasteiger partial charge on any atom is -0.445 e. The standard InChI is InChI=1S/C26H23N3O5/c1-26(2)12-17(30)20-18(13-26)34-22(27)21(19(20)14-8-4-3-5-9-14)25(33)29-24(32)16-11-7-6-10-15(16)23(31)28-29/h3-11,19H,12-13,27H2,1-2H3,(H,28,31). The highest BCUT2D eigenvalue weighted by atomic mass is 16.5. The van der Waals surface area contributed by atoms with Crippen molar-refractivity contribution in [2.45, 2.75) is 32.6 Å². The highest BCUT2D eigenvalue weighted by Crippen LogP contribution is 2.48. The van der Waals surface area contributed by atoms with Gasteiger partial charge in [0.1, 0.15) is 5.76 Å². The molecule has 2 heterocycles. The number of ether oxygens (including phenoxy) is 1. The zero-order chi connectivity index (χ0) is 24.2. The molecule has 8 heteroatoms. The number of nitrogens with one attached hydrogen (secondary N) is 1. The van der Waals surface area contributed by atoms with Crippen molar-refractivity contribution in [2.24, 2.45) is 11.1 Å². The largest absolute Gasteiger partial charge is 0.445 e. The summed E-state index contributed by atoms with van der Waals surface area (Å²) in [5, 5.41) is 2.63. The van der Waals surface area contributed by atoms with Gasteiger partial charge in [-0.3, -0.25) is 24.3 Å². The number of aromatic amines is 1. The fraction of sp³-hybridized carbons (Fsp3) is 0.231. The van der Waals surface area contributed by atoms with Gasteiger partial charge in [-0.05, 0) is 23.1 Å². The van der Waals surface area contributed by atoms with Crippen molar-refractivity contribution in [3.63, 3.8) is 0 Å². The lowest BCUT2D eigenvalue weighted by Gasteiger charge is -2.38. The molecule has 2 aromatic carbocycles. The van der Waals surface area contributed by atoms with Gasteiger partial charge in [-0.2, -0.15) is 4.68 Å². The summed E-state index contributed by atoms with van der Waals surface area (Å²) in [5.41, 5.74) is 5.62. The Kier molecular flexibility index (Phi) is 4.89. The third kappa shape index (κ3) is 3.39. The Labute approximate surface area is 194 Å². The second kappa shape index (κ2) is 7.69. The number of H-pyrrole nitrogens is 1. The van der Waals surface area contributed by atoms with Crippen molar-refractivity contribution >= 4 is 22.5 Å². The first-order chi connectivity index (χ1) is 16.2. The molecule has 0 saturated carbocycles. The first-order valence-corrected chi connectivity index (χ1v) is 11.0. The number of hydrogen-bond donors (Lipinski definition) is 2. The Morgan fingerprint density at radius 1 is 1.00 bits per heavy atom. The first kappa shape index (κ1) is 21.6. The molecule has 1 atom stereocenters. The number of nitrogens with zero attached hydrogens (tertiary/aromatic N) is 1. The first-order valence-electron chi connectivity index (χ1n) is 11.0. The van der Waals surface area contributed by atoms with E-state index in [1.54, 1.807) is 36.4 Å². The van der Waals surface area contributed by atoms with Gasteiger partial charge in [-0.1, -0.05) is 56.3 Å². The van der Waals surface area contributed by atoms with Gasteiger partial charge in [0.05, 0.1) is 22.3 Å².